The van der Waals surface area contributed by atoms with Crippen LogP contribution in [0.15, 0.2) is 53.4 Å². The van der Waals surface area contributed by atoms with Crippen LogP contribution in [0.1, 0.15) is 5.56 Å². The Labute approximate surface area is 122 Å². The highest BCUT2D eigenvalue weighted by molar-refractivity contribution is 7.92. The maximum absolute atomic E-state index is 12.2. The molecule has 1 heterocycles. The molecule has 3 N–H and O–H groups in total. The maximum atomic E-state index is 12.2. The van der Waals surface area contributed by atoms with Gasteiger partial charge in [0.05, 0.1) is 17.0 Å². The number of benzene rings is 2. The van der Waals surface area contributed by atoms with Gasteiger partial charge in [0, 0.05) is 5.69 Å². The van der Waals surface area contributed by atoms with Crippen LogP contribution in [0, 0.1) is 0 Å². The van der Waals surface area contributed by atoms with Gasteiger partial charge in [0.25, 0.3) is 10.0 Å². The van der Waals surface area contributed by atoms with Crippen molar-refractivity contribution in [1.29, 1.82) is 0 Å². The molecule has 0 aliphatic carbocycles. The van der Waals surface area contributed by atoms with Gasteiger partial charge in [-0.15, -0.1) is 0 Å². The third kappa shape index (κ3) is 2.48. The number of hydrogen-bond donors (Lipinski definition) is 2. The molecule has 0 radical (unpaired) electrons. The van der Waals surface area contributed by atoms with Crippen molar-refractivity contribution >= 4 is 27.3 Å². The molecule has 0 spiro atoms. The summed E-state index contributed by atoms with van der Waals surface area (Å²) in [5.41, 5.74) is 1.71. The molecule has 1 aliphatic rings. The van der Waals surface area contributed by atoms with E-state index in [1.165, 1.54) is 12.1 Å². The summed E-state index contributed by atoms with van der Waals surface area (Å²) >= 11 is 0. The number of fused-ring (bicyclic) bond motifs is 1. The maximum Gasteiger partial charge on any atom is 0.261 e. The molecule has 0 saturated heterocycles. The Morgan fingerprint density at radius 1 is 1.10 bits per heavy atom. The van der Waals surface area contributed by atoms with Crippen LogP contribution >= 0.6 is 0 Å². The van der Waals surface area contributed by atoms with Gasteiger partial charge in [-0.05, 0) is 35.9 Å². The molecule has 2 aromatic carbocycles. The van der Waals surface area contributed by atoms with Crippen molar-refractivity contribution in [2.24, 2.45) is 5.84 Å². The van der Waals surface area contributed by atoms with Crippen molar-refractivity contribution in [2.75, 3.05) is 9.73 Å². The topological polar surface area (TPSA) is 92.5 Å². The van der Waals surface area contributed by atoms with Gasteiger partial charge in [-0.1, -0.05) is 18.2 Å². The number of nitrogens with two attached hydrogens (primary N) is 1. The SMILES string of the molecule is NN1C(=O)Cc2cc(NS(=O)(=O)c3ccccc3)ccc21. The molecule has 3 rings (SSSR count). The zero-order valence-electron chi connectivity index (χ0n) is 11.0. The highest BCUT2D eigenvalue weighted by Crippen LogP contribution is 2.29. The van der Waals surface area contributed by atoms with Crippen LogP contribution in [0.4, 0.5) is 11.4 Å². The lowest BCUT2D eigenvalue weighted by Crippen LogP contribution is -2.33. The third-order valence-electron chi connectivity index (χ3n) is 3.26. The summed E-state index contributed by atoms with van der Waals surface area (Å²) in [6.45, 7) is 0. The summed E-state index contributed by atoms with van der Waals surface area (Å²) in [6.07, 6.45) is 0.173. The van der Waals surface area contributed by atoms with Gasteiger partial charge in [-0.3, -0.25) is 9.52 Å². The average molecular weight is 303 g/mol. The number of nitrogens with zero attached hydrogens (tertiary/aromatic N) is 1. The summed E-state index contributed by atoms with van der Waals surface area (Å²) in [6, 6.07) is 12.9. The zero-order valence-corrected chi connectivity index (χ0v) is 11.8. The fourth-order valence-electron chi connectivity index (χ4n) is 2.22. The van der Waals surface area contributed by atoms with Gasteiger partial charge in [-0.2, -0.15) is 0 Å². The van der Waals surface area contributed by atoms with Crippen LogP contribution in [0.3, 0.4) is 0 Å². The van der Waals surface area contributed by atoms with E-state index in [0.717, 1.165) is 5.01 Å². The van der Waals surface area contributed by atoms with Crippen molar-refractivity contribution < 1.29 is 13.2 Å². The second-order valence-electron chi connectivity index (χ2n) is 4.70. The Hall–Kier alpha value is -2.38. The molecular weight excluding hydrogens is 290 g/mol. The predicted molar refractivity (Wildman–Crippen MR) is 79.1 cm³/mol. The molecule has 1 amide bonds. The standard InChI is InChI=1S/C14H13N3O3S/c15-17-13-7-6-11(8-10(13)9-14(17)18)16-21(19,20)12-4-2-1-3-5-12/h1-8,16H,9,15H2. The Balaban J connectivity index is 1.91. The molecule has 1 aliphatic heterocycles. The minimum absolute atomic E-state index is 0.173. The van der Waals surface area contributed by atoms with E-state index in [9.17, 15) is 13.2 Å². The second-order valence-corrected chi connectivity index (χ2v) is 6.38. The molecule has 6 nitrogen and oxygen atoms in total. The molecule has 108 valence electrons. The van der Waals surface area contributed by atoms with E-state index < -0.39 is 10.0 Å². The van der Waals surface area contributed by atoms with Gasteiger partial charge in [0.2, 0.25) is 5.91 Å². The number of amides is 1. The van der Waals surface area contributed by atoms with E-state index in [0.29, 0.717) is 16.9 Å². The minimum atomic E-state index is -3.64. The number of carbonyl (C=O) groups excluding carboxylic acids is 1. The van der Waals surface area contributed by atoms with Crippen molar-refractivity contribution in [2.45, 2.75) is 11.3 Å². The number of hydrogen-bond acceptors (Lipinski definition) is 4. The van der Waals surface area contributed by atoms with Gasteiger partial charge in [0.15, 0.2) is 0 Å². The highest BCUT2D eigenvalue weighted by atomic mass is 32.2. The first-order chi connectivity index (χ1) is 9.97. The molecule has 0 saturated carbocycles. The van der Waals surface area contributed by atoms with E-state index in [4.69, 9.17) is 5.84 Å². The first-order valence-corrected chi connectivity index (χ1v) is 7.74. The Bertz CT molecular complexity index is 803. The molecule has 0 bridgehead atoms. The lowest BCUT2D eigenvalue weighted by molar-refractivity contribution is -0.117. The average Bonchev–Trinajstić information content (AvgIpc) is 2.74. The van der Waals surface area contributed by atoms with E-state index in [1.54, 1.807) is 36.4 Å². The van der Waals surface area contributed by atoms with Crippen molar-refractivity contribution in [3.8, 4) is 0 Å². The Kier molecular flexibility index (Phi) is 3.15. The molecule has 0 fully saturated rings. The summed E-state index contributed by atoms with van der Waals surface area (Å²) < 4.78 is 26.9. The molecule has 2 aromatic rings. The quantitative estimate of drug-likeness (QED) is 0.659. The number of hydrazine groups is 1. The number of anilines is 2. The third-order valence-corrected chi connectivity index (χ3v) is 4.65. The number of sulfonamides is 1. The molecular formula is C14H13N3O3S. The van der Waals surface area contributed by atoms with Crippen LogP contribution in [0.2, 0.25) is 0 Å². The summed E-state index contributed by atoms with van der Waals surface area (Å²) in [5, 5.41) is 1.07. The highest BCUT2D eigenvalue weighted by Gasteiger charge is 2.25. The number of rotatable bonds is 3. The van der Waals surface area contributed by atoms with Gasteiger partial charge >= 0.3 is 0 Å². The summed E-state index contributed by atoms with van der Waals surface area (Å²) in [4.78, 5) is 11.7. The van der Waals surface area contributed by atoms with Crippen molar-refractivity contribution in [3.05, 3.63) is 54.1 Å². The van der Waals surface area contributed by atoms with E-state index in [2.05, 4.69) is 4.72 Å². The molecule has 7 heteroatoms. The molecule has 21 heavy (non-hydrogen) atoms. The fraction of sp³-hybridized carbons (Fsp3) is 0.0714. The smallest absolute Gasteiger partial charge is 0.261 e. The van der Waals surface area contributed by atoms with E-state index >= 15 is 0 Å². The van der Waals surface area contributed by atoms with Gasteiger partial charge in [-0.25, -0.2) is 19.3 Å². The van der Waals surface area contributed by atoms with Crippen LogP contribution in [0.25, 0.3) is 0 Å². The first-order valence-electron chi connectivity index (χ1n) is 6.26. The lowest BCUT2D eigenvalue weighted by Gasteiger charge is -2.11. The Morgan fingerprint density at radius 3 is 2.52 bits per heavy atom. The largest absolute Gasteiger partial charge is 0.280 e. The number of nitrogens with one attached hydrogen (secondary N) is 1. The Morgan fingerprint density at radius 2 is 1.81 bits per heavy atom. The monoisotopic (exact) mass is 303 g/mol. The molecule has 0 unspecified atom stereocenters. The first kappa shape index (κ1) is 13.6. The predicted octanol–water partition coefficient (Wildman–Crippen LogP) is 1.25. The summed E-state index contributed by atoms with van der Waals surface area (Å²) in [5.74, 6) is 5.39. The van der Waals surface area contributed by atoms with Crippen LogP contribution in [-0.2, 0) is 21.2 Å². The van der Waals surface area contributed by atoms with Crippen molar-refractivity contribution in [1.82, 2.24) is 0 Å². The minimum Gasteiger partial charge on any atom is -0.280 e. The van der Waals surface area contributed by atoms with E-state index in [1.807, 2.05) is 0 Å². The van der Waals surface area contributed by atoms with Gasteiger partial charge in [0.1, 0.15) is 0 Å². The van der Waals surface area contributed by atoms with Crippen LogP contribution in [0.5, 0.6) is 0 Å². The molecule has 0 aromatic heterocycles. The lowest BCUT2D eigenvalue weighted by atomic mass is 10.1. The number of carbonyl (C=O) groups is 1. The fourth-order valence-corrected chi connectivity index (χ4v) is 3.29. The normalized spacial score (nSPS) is 14.1. The summed E-state index contributed by atoms with van der Waals surface area (Å²) in [7, 11) is -3.64. The van der Waals surface area contributed by atoms with Gasteiger partial charge < -0.3 is 0 Å². The van der Waals surface area contributed by atoms with Crippen LogP contribution < -0.4 is 15.6 Å². The zero-order chi connectivity index (χ0) is 15.0. The van der Waals surface area contributed by atoms with Crippen molar-refractivity contribution in [3.63, 3.8) is 0 Å². The molecule has 0 atom stereocenters. The van der Waals surface area contributed by atoms with E-state index in [-0.39, 0.29) is 17.2 Å². The second kappa shape index (κ2) is 4.87. The van der Waals surface area contributed by atoms with Crippen LogP contribution in [-0.4, -0.2) is 14.3 Å².